The molecule has 0 amide bonds. The molecular weight excluding hydrogens is 252 g/mol. The Hall–Kier alpha value is -1.66. The van der Waals surface area contributed by atoms with Crippen LogP contribution in [0, 0.1) is 0 Å². The summed E-state index contributed by atoms with van der Waals surface area (Å²) in [6.45, 7) is 0. The highest BCUT2D eigenvalue weighted by Crippen LogP contribution is 2.13. The first-order valence-corrected chi connectivity index (χ1v) is 5.11. The van der Waals surface area contributed by atoms with E-state index in [1.54, 1.807) is 12.1 Å². The maximum atomic E-state index is 12.0. The van der Waals surface area contributed by atoms with Crippen molar-refractivity contribution in [3.05, 3.63) is 65.7 Å². The number of thiol groups is 1. The van der Waals surface area contributed by atoms with E-state index in [2.05, 4.69) is 12.6 Å². The molecule has 0 aromatic heterocycles. The van der Waals surface area contributed by atoms with Crippen LogP contribution in [0.3, 0.4) is 0 Å². The molecule has 6 N–H and O–H groups in total. The molecule has 0 spiro atoms. The van der Waals surface area contributed by atoms with E-state index >= 15 is 0 Å². The smallest absolute Gasteiger partial charge is 0.193 e. The average molecular weight is 268 g/mol. The van der Waals surface area contributed by atoms with E-state index in [-0.39, 0.29) is 22.2 Å². The summed E-state index contributed by atoms with van der Waals surface area (Å²) in [4.78, 5) is 12.8. The molecule has 98 valence electrons. The molecule has 0 heterocycles. The summed E-state index contributed by atoms with van der Waals surface area (Å²) >= 11 is 4.21. The zero-order valence-corrected chi connectivity index (χ0v) is 10.4. The van der Waals surface area contributed by atoms with Crippen LogP contribution in [0.15, 0.2) is 59.5 Å². The van der Waals surface area contributed by atoms with Gasteiger partial charge in [-0.05, 0) is 12.1 Å². The summed E-state index contributed by atoms with van der Waals surface area (Å²) < 4.78 is 0. The second kappa shape index (κ2) is 8.43. The third-order valence-electron chi connectivity index (χ3n) is 2.14. The molecule has 0 aliphatic heterocycles. The van der Waals surface area contributed by atoms with Crippen molar-refractivity contribution in [1.82, 2.24) is 0 Å². The molecule has 0 radical (unpaired) electrons. The van der Waals surface area contributed by atoms with Crippen molar-refractivity contribution in [2.24, 2.45) is 0 Å². The molecule has 0 aliphatic rings. The molecule has 4 nitrogen and oxygen atoms in total. The van der Waals surface area contributed by atoms with Gasteiger partial charge < -0.3 is 16.4 Å². The number of hydrogen-bond donors (Lipinski definition) is 1. The fraction of sp³-hybridized carbons (Fsp3) is 0. The van der Waals surface area contributed by atoms with Gasteiger partial charge in [0.2, 0.25) is 0 Å². The van der Waals surface area contributed by atoms with Gasteiger partial charge in [-0.15, -0.1) is 12.6 Å². The van der Waals surface area contributed by atoms with Crippen LogP contribution in [-0.2, 0) is 0 Å². The van der Waals surface area contributed by atoms with E-state index in [4.69, 9.17) is 0 Å². The molecule has 0 unspecified atom stereocenters. The summed E-state index contributed by atoms with van der Waals surface area (Å²) in [5.41, 5.74) is 1.38. The van der Waals surface area contributed by atoms with Gasteiger partial charge in [-0.2, -0.15) is 0 Å². The second-order valence-electron chi connectivity index (χ2n) is 3.25. The minimum Gasteiger partial charge on any atom is -0.412 e. The normalized spacial score (nSPS) is 8.28. The first-order chi connectivity index (χ1) is 7.27. The molecule has 0 atom stereocenters. The zero-order valence-electron chi connectivity index (χ0n) is 9.55. The Balaban J connectivity index is 0. The van der Waals surface area contributed by atoms with Crippen LogP contribution in [-0.4, -0.2) is 22.2 Å². The highest BCUT2D eigenvalue weighted by atomic mass is 32.1. The first-order valence-electron chi connectivity index (χ1n) is 4.66. The third-order valence-corrected chi connectivity index (χ3v) is 2.42. The van der Waals surface area contributed by atoms with E-state index in [0.717, 1.165) is 4.90 Å². The molecule has 0 saturated heterocycles. The predicted octanol–water partition coefficient (Wildman–Crippen LogP) is 0.732. The van der Waals surface area contributed by atoms with Gasteiger partial charge in [-0.25, -0.2) is 0 Å². The van der Waals surface area contributed by atoms with E-state index in [1.165, 1.54) is 0 Å². The van der Waals surface area contributed by atoms with Crippen LogP contribution >= 0.6 is 12.6 Å². The van der Waals surface area contributed by atoms with E-state index < -0.39 is 0 Å². The van der Waals surface area contributed by atoms with E-state index in [1.807, 2.05) is 42.5 Å². The van der Waals surface area contributed by atoms with Crippen molar-refractivity contribution in [1.29, 1.82) is 0 Å². The molecule has 18 heavy (non-hydrogen) atoms. The van der Waals surface area contributed by atoms with Crippen molar-refractivity contribution in [3.63, 3.8) is 0 Å². The van der Waals surface area contributed by atoms with Gasteiger partial charge in [0.05, 0.1) is 0 Å². The van der Waals surface area contributed by atoms with Gasteiger partial charge in [-0.3, -0.25) is 4.79 Å². The molecule has 0 bridgehead atoms. The largest absolute Gasteiger partial charge is 0.412 e. The third kappa shape index (κ3) is 4.31. The molecular formula is C13H16O4S. The van der Waals surface area contributed by atoms with Gasteiger partial charge >= 0.3 is 0 Å². The monoisotopic (exact) mass is 268 g/mol. The highest BCUT2D eigenvalue weighted by molar-refractivity contribution is 7.80. The Morgan fingerprint density at radius 1 is 0.778 bits per heavy atom. The highest BCUT2D eigenvalue weighted by Gasteiger charge is 2.07. The number of rotatable bonds is 2. The fourth-order valence-electron chi connectivity index (χ4n) is 1.40. The number of carbonyl (C=O) groups is 1. The van der Waals surface area contributed by atoms with Gasteiger partial charge in [0.15, 0.2) is 5.78 Å². The Kier molecular flexibility index (Phi) is 8.76. The Morgan fingerprint density at radius 2 is 1.33 bits per heavy atom. The van der Waals surface area contributed by atoms with Gasteiger partial charge in [0.1, 0.15) is 0 Å². The van der Waals surface area contributed by atoms with Crippen LogP contribution in [0.4, 0.5) is 0 Å². The Morgan fingerprint density at radius 3 is 1.89 bits per heavy atom. The van der Waals surface area contributed by atoms with E-state index in [0.29, 0.717) is 11.1 Å². The first kappa shape index (κ1) is 18.7. The summed E-state index contributed by atoms with van der Waals surface area (Å²) in [5, 5.41) is 0. The van der Waals surface area contributed by atoms with Crippen molar-refractivity contribution < 1.29 is 21.2 Å². The molecule has 2 rings (SSSR count). The molecule has 2 aromatic rings. The van der Waals surface area contributed by atoms with Crippen LogP contribution in [0.5, 0.6) is 0 Å². The summed E-state index contributed by atoms with van der Waals surface area (Å²) in [6.07, 6.45) is 0. The van der Waals surface area contributed by atoms with Crippen LogP contribution in [0.2, 0.25) is 0 Å². The topological polar surface area (TPSA) is 112 Å². The number of carbonyl (C=O) groups excluding carboxylic acids is 1. The standard InChI is InChI=1S/C13H10OS.3H2O/c14-13(10-5-2-1-3-6-10)11-7-4-8-12(15)9-11;;;/h1-9,15H;3*1H2. The Bertz CT molecular complexity index is 485. The summed E-state index contributed by atoms with van der Waals surface area (Å²) in [7, 11) is 0. The summed E-state index contributed by atoms with van der Waals surface area (Å²) in [6, 6.07) is 16.5. The maximum Gasteiger partial charge on any atom is 0.193 e. The van der Waals surface area contributed by atoms with Crippen molar-refractivity contribution >= 4 is 18.4 Å². The van der Waals surface area contributed by atoms with E-state index in [9.17, 15) is 4.79 Å². The van der Waals surface area contributed by atoms with Crippen molar-refractivity contribution in [2.45, 2.75) is 4.90 Å². The lowest BCUT2D eigenvalue weighted by molar-refractivity contribution is 0.103. The quantitative estimate of drug-likeness (QED) is 0.628. The van der Waals surface area contributed by atoms with Crippen molar-refractivity contribution in [2.75, 3.05) is 0 Å². The number of hydrogen-bond acceptors (Lipinski definition) is 2. The molecule has 5 heteroatoms. The minimum absolute atomic E-state index is 0. The lowest BCUT2D eigenvalue weighted by Crippen LogP contribution is -2.00. The second-order valence-corrected chi connectivity index (χ2v) is 3.76. The number of benzene rings is 2. The molecule has 0 saturated carbocycles. The van der Waals surface area contributed by atoms with Gasteiger partial charge in [-0.1, -0.05) is 42.5 Å². The molecule has 0 aliphatic carbocycles. The molecule has 0 fully saturated rings. The fourth-order valence-corrected chi connectivity index (χ4v) is 1.63. The van der Waals surface area contributed by atoms with Gasteiger partial charge in [0.25, 0.3) is 0 Å². The number of ketones is 1. The van der Waals surface area contributed by atoms with Crippen LogP contribution < -0.4 is 0 Å². The van der Waals surface area contributed by atoms with Gasteiger partial charge in [0, 0.05) is 16.0 Å². The maximum absolute atomic E-state index is 12.0. The predicted molar refractivity (Wildman–Crippen MR) is 74.4 cm³/mol. The minimum atomic E-state index is 0. The Labute approximate surface area is 111 Å². The van der Waals surface area contributed by atoms with Crippen LogP contribution in [0.1, 0.15) is 15.9 Å². The summed E-state index contributed by atoms with van der Waals surface area (Å²) in [5.74, 6) is 0.0338. The average Bonchev–Trinajstić information content (AvgIpc) is 2.29. The lowest BCUT2D eigenvalue weighted by Gasteiger charge is -2.01. The molecule has 2 aromatic carbocycles. The van der Waals surface area contributed by atoms with Crippen LogP contribution in [0.25, 0.3) is 0 Å². The SMILES string of the molecule is O.O.O.O=C(c1ccccc1)c1cccc(S)c1. The van der Waals surface area contributed by atoms with Crippen molar-refractivity contribution in [3.8, 4) is 0 Å². The zero-order chi connectivity index (χ0) is 10.7. The lowest BCUT2D eigenvalue weighted by atomic mass is 10.0.